The first kappa shape index (κ1) is 14.3. The normalized spacial score (nSPS) is 10.3. The number of carbonyl (C=O) groups is 1. The summed E-state index contributed by atoms with van der Waals surface area (Å²) in [5, 5.41) is 2.72. The number of carbonyl (C=O) groups excluding carboxylic acids is 1. The molecule has 0 saturated heterocycles. The van der Waals surface area contributed by atoms with Crippen molar-refractivity contribution in [2.45, 2.75) is 19.8 Å². The van der Waals surface area contributed by atoms with E-state index in [4.69, 9.17) is 9.47 Å². The molecule has 0 aliphatic carbocycles. The molecule has 0 aliphatic rings. The Bertz CT molecular complexity index is 156. The van der Waals surface area contributed by atoms with Crippen LogP contribution in [0, 0.1) is 0 Å². The Balaban J connectivity index is 3.01. The van der Waals surface area contributed by atoms with Gasteiger partial charge >= 0.3 is 0 Å². The lowest BCUT2D eigenvalue weighted by atomic mass is 10.3. The molecule has 0 aliphatic heterocycles. The van der Waals surface area contributed by atoms with E-state index in [0.717, 1.165) is 6.42 Å². The molecule has 90 valence electrons. The molecule has 4 nitrogen and oxygen atoms in total. The average Bonchev–Trinajstić information content (AvgIpc) is 2.22. The van der Waals surface area contributed by atoms with Crippen LogP contribution in [0.1, 0.15) is 19.8 Å². The zero-order valence-corrected chi connectivity index (χ0v) is 9.26. The predicted molar refractivity (Wildman–Crippen MR) is 55.5 cm³/mol. The molecule has 0 spiro atoms. The SMILES string of the molecule is CCCC(=O)NCCOCCOCCF. The molecule has 15 heavy (non-hydrogen) atoms. The number of alkyl halides is 1. The van der Waals surface area contributed by atoms with Crippen LogP contribution in [0.2, 0.25) is 0 Å². The van der Waals surface area contributed by atoms with Gasteiger partial charge in [-0.05, 0) is 6.42 Å². The van der Waals surface area contributed by atoms with Crippen LogP contribution in [0.25, 0.3) is 0 Å². The monoisotopic (exact) mass is 221 g/mol. The second-order valence-electron chi connectivity index (χ2n) is 3.01. The van der Waals surface area contributed by atoms with Crippen molar-refractivity contribution in [3.05, 3.63) is 0 Å². The van der Waals surface area contributed by atoms with Crippen LogP contribution < -0.4 is 5.32 Å². The van der Waals surface area contributed by atoms with Crippen LogP contribution in [-0.4, -0.2) is 45.6 Å². The first-order valence-electron chi connectivity index (χ1n) is 5.29. The Morgan fingerprint density at radius 3 is 2.47 bits per heavy atom. The topological polar surface area (TPSA) is 47.6 Å². The summed E-state index contributed by atoms with van der Waals surface area (Å²) in [7, 11) is 0. The lowest BCUT2D eigenvalue weighted by Gasteiger charge is -2.05. The standard InChI is InChI=1S/C10H20FNO3/c1-2-3-10(13)12-5-7-15-9-8-14-6-4-11/h2-9H2,1H3,(H,12,13). The maximum absolute atomic E-state index is 11.6. The minimum atomic E-state index is -0.465. The molecule has 0 bridgehead atoms. The van der Waals surface area contributed by atoms with Gasteiger partial charge < -0.3 is 14.8 Å². The summed E-state index contributed by atoms with van der Waals surface area (Å²) in [4.78, 5) is 11.0. The van der Waals surface area contributed by atoms with Crippen molar-refractivity contribution in [2.75, 3.05) is 39.6 Å². The van der Waals surface area contributed by atoms with Gasteiger partial charge in [-0.2, -0.15) is 0 Å². The van der Waals surface area contributed by atoms with Gasteiger partial charge in [0.2, 0.25) is 5.91 Å². The molecule has 0 aromatic carbocycles. The molecule has 1 N–H and O–H groups in total. The highest BCUT2D eigenvalue weighted by Crippen LogP contribution is 1.85. The Hall–Kier alpha value is -0.680. The van der Waals surface area contributed by atoms with Crippen LogP contribution in [0.3, 0.4) is 0 Å². The largest absolute Gasteiger partial charge is 0.377 e. The highest BCUT2D eigenvalue weighted by Gasteiger charge is 1.97. The summed E-state index contributed by atoms with van der Waals surface area (Å²) in [5.41, 5.74) is 0. The summed E-state index contributed by atoms with van der Waals surface area (Å²) in [6, 6.07) is 0. The van der Waals surface area contributed by atoms with Crippen LogP contribution in [0.15, 0.2) is 0 Å². The molecule has 0 aromatic rings. The van der Waals surface area contributed by atoms with E-state index in [1.807, 2.05) is 6.92 Å². The van der Waals surface area contributed by atoms with Gasteiger partial charge in [0, 0.05) is 13.0 Å². The zero-order chi connectivity index (χ0) is 11.4. The maximum Gasteiger partial charge on any atom is 0.220 e. The number of halogens is 1. The van der Waals surface area contributed by atoms with Crippen molar-refractivity contribution in [1.29, 1.82) is 0 Å². The van der Waals surface area contributed by atoms with E-state index < -0.39 is 6.67 Å². The lowest BCUT2D eigenvalue weighted by Crippen LogP contribution is -2.27. The molecule has 0 rings (SSSR count). The molecule has 0 saturated carbocycles. The fourth-order valence-electron chi connectivity index (χ4n) is 0.955. The van der Waals surface area contributed by atoms with E-state index in [9.17, 15) is 9.18 Å². The Morgan fingerprint density at radius 2 is 1.87 bits per heavy atom. The Morgan fingerprint density at radius 1 is 1.20 bits per heavy atom. The highest BCUT2D eigenvalue weighted by molar-refractivity contribution is 5.75. The fourth-order valence-corrected chi connectivity index (χ4v) is 0.955. The number of ether oxygens (including phenoxy) is 2. The third-order valence-corrected chi connectivity index (χ3v) is 1.64. The predicted octanol–water partition coefficient (Wildman–Crippen LogP) is 0.905. The summed E-state index contributed by atoms with van der Waals surface area (Å²) in [6.07, 6.45) is 1.41. The highest BCUT2D eigenvalue weighted by atomic mass is 19.1. The molecule has 0 aromatic heterocycles. The zero-order valence-electron chi connectivity index (χ0n) is 9.26. The average molecular weight is 221 g/mol. The maximum atomic E-state index is 11.6. The van der Waals surface area contributed by atoms with Crippen molar-refractivity contribution in [3.63, 3.8) is 0 Å². The van der Waals surface area contributed by atoms with Crippen LogP contribution in [0.5, 0.6) is 0 Å². The van der Waals surface area contributed by atoms with E-state index in [1.165, 1.54) is 0 Å². The van der Waals surface area contributed by atoms with Gasteiger partial charge in [0.05, 0.1) is 26.4 Å². The molecule has 1 amide bonds. The molecular formula is C10H20FNO3. The second-order valence-corrected chi connectivity index (χ2v) is 3.01. The van der Waals surface area contributed by atoms with Crippen LogP contribution >= 0.6 is 0 Å². The molecule has 0 atom stereocenters. The molecule has 0 heterocycles. The fraction of sp³-hybridized carbons (Fsp3) is 0.900. The third-order valence-electron chi connectivity index (χ3n) is 1.64. The number of hydrogen-bond acceptors (Lipinski definition) is 3. The quantitative estimate of drug-likeness (QED) is 0.558. The molecule has 0 radical (unpaired) electrons. The van der Waals surface area contributed by atoms with Crippen LogP contribution in [0.4, 0.5) is 4.39 Å². The Kier molecular flexibility index (Phi) is 10.9. The van der Waals surface area contributed by atoms with Crippen molar-refractivity contribution in [1.82, 2.24) is 5.32 Å². The summed E-state index contributed by atoms with van der Waals surface area (Å²) in [5.74, 6) is 0.0507. The molecular weight excluding hydrogens is 201 g/mol. The number of hydrogen-bond donors (Lipinski definition) is 1. The van der Waals surface area contributed by atoms with E-state index >= 15 is 0 Å². The van der Waals surface area contributed by atoms with Crippen molar-refractivity contribution in [3.8, 4) is 0 Å². The van der Waals surface area contributed by atoms with Gasteiger partial charge in [0.1, 0.15) is 6.67 Å². The van der Waals surface area contributed by atoms with Gasteiger partial charge in [0.25, 0.3) is 0 Å². The van der Waals surface area contributed by atoms with Crippen molar-refractivity contribution < 1.29 is 18.7 Å². The van der Waals surface area contributed by atoms with Gasteiger partial charge in [0.15, 0.2) is 0 Å². The van der Waals surface area contributed by atoms with Crippen LogP contribution in [-0.2, 0) is 14.3 Å². The van der Waals surface area contributed by atoms with Crippen molar-refractivity contribution >= 4 is 5.91 Å². The first-order valence-corrected chi connectivity index (χ1v) is 5.29. The summed E-state index contributed by atoms with van der Waals surface area (Å²) < 4.78 is 21.6. The van der Waals surface area contributed by atoms with E-state index in [1.54, 1.807) is 0 Å². The van der Waals surface area contributed by atoms with E-state index in [2.05, 4.69) is 5.32 Å². The third kappa shape index (κ3) is 11.2. The Labute approximate surface area is 90.1 Å². The number of rotatable bonds is 10. The lowest BCUT2D eigenvalue weighted by molar-refractivity contribution is -0.121. The van der Waals surface area contributed by atoms with Gasteiger partial charge in [-0.25, -0.2) is 4.39 Å². The van der Waals surface area contributed by atoms with Gasteiger partial charge in [-0.3, -0.25) is 4.79 Å². The molecule has 5 heteroatoms. The van der Waals surface area contributed by atoms with Gasteiger partial charge in [-0.1, -0.05) is 6.92 Å². The van der Waals surface area contributed by atoms with Crippen molar-refractivity contribution in [2.24, 2.45) is 0 Å². The number of amides is 1. The minimum absolute atomic E-state index is 0.0507. The molecule has 0 fully saturated rings. The summed E-state index contributed by atoms with van der Waals surface area (Å²) in [6.45, 7) is 3.43. The first-order chi connectivity index (χ1) is 7.31. The summed E-state index contributed by atoms with van der Waals surface area (Å²) >= 11 is 0. The molecule has 0 unspecified atom stereocenters. The smallest absolute Gasteiger partial charge is 0.220 e. The second kappa shape index (κ2) is 11.4. The van der Waals surface area contributed by atoms with E-state index in [0.29, 0.717) is 32.8 Å². The minimum Gasteiger partial charge on any atom is -0.377 e. The number of nitrogens with one attached hydrogen (secondary N) is 1. The van der Waals surface area contributed by atoms with E-state index in [-0.39, 0.29) is 12.5 Å². The van der Waals surface area contributed by atoms with Gasteiger partial charge in [-0.15, -0.1) is 0 Å².